The van der Waals surface area contributed by atoms with Gasteiger partial charge in [0.15, 0.2) is 12.3 Å². The zero-order valence-electron chi connectivity index (χ0n) is 9.87. The fraction of sp³-hybridized carbons (Fsp3) is 0.333. The molecule has 0 radical (unpaired) electrons. The SMILES string of the molecule is CCCc1ccc(C2=CC(F)C(F)C=C2)cc1. The molecule has 0 bridgehead atoms. The van der Waals surface area contributed by atoms with Crippen molar-refractivity contribution in [2.75, 3.05) is 0 Å². The first-order valence-corrected chi connectivity index (χ1v) is 5.98. The molecule has 0 saturated carbocycles. The minimum absolute atomic E-state index is 0.759. The Bertz CT molecular complexity index is 429. The molecule has 0 saturated heterocycles. The van der Waals surface area contributed by atoms with E-state index in [4.69, 9.17) is 0 Å². The molecule has 1 aliphatic carbocycles. The number of allylic oxidation sites excluding steroid dienone is 4. The van der Waals surface area contributed by atoms with Crippen LogP contribution in [0.3, 0.4) is 0 Å². The van der Waals surface area contributed by atoms with Gasteiger partial charge in [0, 0.05) is 0 Å². The van der Waals surface area contributed by atoms with Gasteiger partial charge in [0.2, 0.25) is 0 Å². The van der Waals surface area contributed by atoms with Crippen molar-refractivity contribution in [3.8, 4) is 0 Å². The zero-order chi connectivity index (χ0) is 12.3. The number of benzene rings is 1. The Balaban J connectivity index is 2.18. The molecule has 2 heteroatoms. The van der Waals surface area contributed by atoms with Gasteiger partial charge in [0.25, 0.3) is 0 Å². The Morgan fingerprint density at radius 2 is 1.76 bits per heavy atom. The standard InChI is InChI=1S/C15H16F2/c1-2-3-11-4-6-12(7-5-11)13-8-9-14(16)15(17)10-13/h4-10,14-15H,2-3H2,1H3. The molecule has 0 fully saturated rings. The molecule has 1 aromatic rings. The van der Waals surface area contributed by atoms with Gasteiger partial charge in [-0.05, 0) is 35.3 Å². The summed E-state index contributed by atoms with van der Waals surface area (Å²) in [6.45, 7) is 2.13. The van der Waals surface area contributed by atoms with E-state index in [2.05, 4.69) is 6.92 Å². The summed E-state index contributed by atoms with van der Waals surface area (Å²) >= 11 is 0. The molecule has 2 unspecified atom stereocenters. The van der Waals surface area contributed by atoms with E-state index in [-0.39, 0.29) is 0 Å². The highest BCUT2D eigenvalue weighted by Crippen LogP contribution is 2.25. The lowest BCUT2D eigenvalue weighted by Gasteiger charge is -2.14. The lowest BCUT2D eigenvalue weighted by atomic mass is 9.96. The molecule has 0 aromatic heterocycles. The van der Waals surface area contributed by atoms with Gasteiger partial charge in [-0.25, -0.2) is 8.78 Å². The summed E-state index contributed by atoms with van der Waals surface area (Å²) in [4.78, 5) is 0. The quantitative estimate of drug-likeness (QED) is 0.732. The second-order valence-corrected chi connectivity index (χ2v) is 4.32. The summed E-state index contributed by atoms with van der Waals surface area (Å²) in [5.41, 5.74) is 2.97. The Morgan fingerprint density at radius 3 is 2.35 bits per heavy atom. The predicted octanol–water partition coefficient (Wildman–Crippen LogP) is 4.27. The Labute approximate surface area is 101 Å². The van der Waals surface area contributed by atoms with Gasteiger partial charge in [0.05, 0.1) is 0 Å². The molecule has 0 amide bonds. The molecular formula is C15H16F2. The second kappa shape index (κ2) is 5.26. The van der Waals surface area contributed by atoms with Crippen molar-refractivity contribution in [1.29, 1.82) is 0 Å². The topological polar surface area (TPSA) is 0 Å². The number of aryl methyl sites for hydroxylation is 1. The third-order valence-electron chi connectivity index (χ3n) is 2.93. The summed E-state index contributed by atoms with van der Waals surface area (Å²) in [6.07, 6.45) is 3.41. The van der Waals surface area contributed by atoms with Crippen LogP contribution in [0.5, 0.6) is 0 Å². The second-order valence-electron chi connectivity index (χ2n) is 4.32. The maximum atomic E-state index is 13.2. The first-order chi connectivity index (χ1) is 8.20. The summed E-state index contributed by atoms with van der Waals surface area (Å²) < 4.78 is 26.1. The van der Waals surface area contributed by atoms with E-state index in [1.165, 1.54) is 17.7 Å². The average molecular weight is 234 g/mol. The molecule has 0 heterocycles. The van der Waals surface area contributed by atoms with Crippen LogP contribution in [0.1, 0.15) is 24.5 Å². The van der Waals surface area contributed by atoms with Gasteiger partial charge >= 0.3 is 0 Å². The molecule has 2 atom stereocenters. The monoisotopic (exact) mass is 234 g/mol. The average Bonchev–Trinajstić information content (AvgIpc) is 2.34. The first-order valence-electron chi connectivity index (χ1n) is 5.98. The van der Waals surface area contributed by atoms with E-state index >= 15 is 0 Å². The lowest BCUT2D eigenvalue weighted by molar-refractivity contribution is 0.246. The van der Waals surface area contributed by atoms with Gasteiger partial charge in [-0.3, -0.25) is 0 Å². The van der Waals surface area contributed by atoms with Crippen molar-refractivity contribution in [3.05, 3.63) is 53.6 Å². The Kier molecular flexibility index (Phi) is 3.72. The highest BCUT2D eigenvalue weighted by Gasteiger charge is 2.19. The maximum Gasteiger partial charge on any atom is 0.154 e. The van der Waals surface area contributed by atoms with Crippen LogP contribution in [-0.4, -0.2) is 12.3 Å². The Hall–Kier alpha value is -1.44. The number of hydrogen-bond donors (Lipinski definition) is 0. The van der Waals surface area contributed by atoms with Gasteiger partial charge < -0.3 is 0 Å². The number of hydrogen-bond acceptors (Lipinski definition) is 0. The Morgan fingerprint density at radius 1 is 1.06 bits per heavy atom. The molecule has 0 spiro atoms. The molecule has 17 heavy (non-hydrogen) atoms. The summed E-state index contributed by atoms with van der Waals surface area (Å²) in [5, 5.41) is 0. The maximum absolute atomic E-state index is 13.2. The molecule has 90 valence electrons. The molecule has 0 aliphatic heterocycles. The van der Waals surface area contributed by atoms with E-state index in [0.717, 1.165) is 24.0 Å². The largest absolute Gasteiger partial charge is 0.239 e. The molecule has 0 N–H and O–H groups in total. The van der Waals surface area contributed by atoms with Gasteiger partial charge in [0.1, 0.15) is 0 Å². The number of alkyl halides is 2. The van der Waals surface area contributed by atoms with Crippen molar-refractivity contribution in [3.63, 3.8) is 0 Å². The van der Waals surface area contributed by atoms with E-state index in [1.54, 1.807) is 6.08 Å². The van der Waals surface area contributed by atoms with E-state index < -0.39 is 12.3 Å². The molecule has 1 aliphatic rings. The lowest BCUT2D eigenvalue weighted by Crippen LogP contribution is -2.15. The highest BCUT2D eigenvalue weighted by molar-refractivity contribution is 5.75. The highest BCUT2D eigenvalue weighted by atomic mass is 19.2. The van der Waals surface area contributed by atoms with Crippen molar-refractivity contribution in [1.82, 2.24) is 0 Å². The van der Waals surface area contributed by atoms with Crippen LogP contribution in [0.2, 0.25) is 0 Å². The van der Waals surface area contributed by atoms with Crippen molar-refractivity contribution in [2.24, 2.45) is 0 Å². The zero-order valence-corrected chi connectivity index (χ0v) is 9.87. The third-order valence-corrected chi connectivity index (χ3v) is 2.93. The van der Waals surface area contributed by atoms with Crippen LogP contribution in [-0.2, 0) is 6.42 Å². The van der Waals surface area contributed by atoms with Gasteiger partial charge in [-0.2, -0.15) is 0 Å². The van der Waals surface area contributed by atoms with Crippen molar-refractivity contribution >= 4 is 5.57 Å². The summed E-state index contributed by atoms with van der Waals surface area (Å²) in [7, 11) is 0. The molecule has 1 aromatic carbocycles. The fourth-order valence-corrected chi connectivity index (χ4v) is 1.97. The minimum Gasteiger partial charge on any atom is -0.239 e. The predicted molar refractivity (Wildman–Crippen MR) is 67.3 cm³/mol. The molecular weight excluding hydrogens is 218 g/mol. The van der Waals surface area contributed by atoms with Crippen LogP contribution in [0.15, 0.2) is 42.5 Å². The van der Waals surface area contributed by atoms with Crippen molar-refractivity contribution < 1.29 is 8.78 Å². The summed E-state index contributed by atoms with van der Waals surface area (Å²) in [5.74, 6) is 0. The van der Waals surface area contributed by atoms with Crippen LogP contribution in [0, 0.1) is 0 Å². The van der Waals surface area contributed by atoms with Gasteiger partial charge in [-0.15, -0.1) is 0 Å². The first kappa shape index (κ1) is 12.0. The van der Waals surface area contributed by atoms with E-state index in [0.29, 0.717) is 0 Å². The van der Waals surface area contributed by atoms with Crippen molar-refractivity contribution in [2.45, 2.75) is 32.1 Å². The van der Waals surface area contributed by atoms with Crippen LogP contribution >= 0.6 is 0 Å². The normalized spacial score (nSPS) is 23.6. The fourth-order valence-electron chi connectivity index (χ4n) is 1.97. The van der Waals surface area contributed by atoms with Gasteiger partial charge in [-0.1, -0.05) is 43.7 Å². The minimum atomic E-state index is -1.52. The van der Waals surface area contributed by atoms with Crippen LogP contribution < -0.4 is 0 Å². The third kappa shape index (κ3) is 2.82. The molecule has 0 nitrogen and oxygen atoms in total. The van der Waals surface area contributed by atoms with E-state index in [9.17, 15) is 8.78 Å². The number of rotatable bonds is 3. The van der Waals surface area contributed by atoms with Crippen LogP contribution in [0.25, 0.3) is 5.57 Å². The smallest absolute Gasteiger partial charge is 0.154 e. The van der Waals surface area contributed by atoms with E-state index in [1.807, 2.05) is 24.3 Å². The van der Waals surface area contributed by atoms with Crippen LogP contribution in [0.4, 0.5) is 8.78 Å². The molecule has 2 rings (SSSR count). The number of halogens is 2. The summed E-state index contributed by atoms with van der Waals surface area (Å²) in [6, 6.07) is 8.02.